The zero-order valence-electron chi connectivity index (χ0n) is 7.17. The summed E-state index contributed by atoms with van der Waals surface area (Å²) in [5.74, 6) is 0. The van der Waals surface area contributed by atoms with E-state index in [2.05, 4.69) is 0 Å². The monoisotopic (exact) mass is 157 g/mol. The lowest BCUT2D eigenvalue weighted by Crippen LogP contribution is -2.43. The second kappa shape index (κ2) is 3.60. The van der Waals surface area contributed by atoms with Gasteiger partial charge in [-0.3, -0.25) is 0 Å². The van der Waals surface area contributed by atoms with Gasteiger partial charge >= 0.3 is 6.09 Å². The molecule has 1 atom stereocenters. The molecule has 1 aliphatic heterocycles. The van der Waals surface area contributed by atoms with E-state index in [1.54, 1.807) is 4.90 Å². The molecule has 1 heterocycles. The van der Waals surface area contributed by atoms with Crippen LogP contribution < -0.4 is 0 Å². The van der Waals surface area contributed by atoms with Crippen LogP contribution in [0.2, 0.25) is 0 Å². The topological polar surface area (TPSA) is 29.5 Å². The summed E-state index contributed by atoms with van der Waals surface area (Å²) in [7, 11) is 0. The van der Waals surface area contributed by atoms with Gasteiger partial charge in [0.25, 0.3) is 0 Å². The predicted octanol–water partition coefficient (Wildman–Crippen LogP) is 1.63. The minimum atomic E-state index is -0.148. The highest BCUT2D eigenvalue weighted by atomic mass is 16.6. The van der Waals surface area contributed by atoms with Gasteiger partial charge in [-0.15, -0.1) is 0 Å². The van der Waals surface area contributed by atoms with Crippen molar-refractivity contribution in [3.05, 3.63) is 0 Å². The Morgan fingerprint density at radius 1 is 1.64 bits per heavy atom. The summed E-state index contributed by atoms with van der Waals surface area (Å²) in [6.45, 7) is 5.66. The first-order valence-corrected chi connectivity index (χ1v) is 4.19. The van der Waals surface area contributed by atoms with E-state index in [0.29, 0.717) is 0 Å². The Morgan fingerprint density at radius 2 is 2.27 bits per heavy atom. The van der Waals surface area contributed by atoms with Gasteiger partial charge in [0, 0.05) is 13.1 Å². The molecule has 0 spiro atoms. The van der Waals surface area contributed by atoms with Gasteiger partial charge < -0.3 is 9.64 Å². The van der Waals surface area contributed by atoms with Crippen LogP contribution in [-0.2, 0) is 4.74 Å². The Balaban J connectivity index is 2.19. The molecule has 3 nitrogen and oxygen atoms in total. The molecule has 0 aliphatic carbocycles. The second-order valence-electron chi connectivity index (χ2n) is 2.94. The molecule has 1 unspecified atom stereocenters. The van der Waals surface area contributed by atoms with E-state index in [1.807, 2.05) is 13.8 Å². The molecular weight excluding hydrogens is 142 g/mol. The number of carbonyl (C=O) groups excluding carboxylic acids is 1. The molecule has 1 aliphatic rings. The molecule has 0 bridgehead atoms. The van der Waals surface area contributed by atoms with Gasteiger partial charge in [-0.25, -0.2) is 4.79 Å². The zero-order valence-corrected chi connectivity index (χ0v) is 7.17. The van der Waals surface area contributed by atoms with Gasteiger partial charge in [0.1, 0.15) is 6.10 Å². The van der Waals surface area contributed by atoms with Crippen molar-refractivity contribution in [1.29, 1.82) is 0 Å². The molecule has 0 saturated carbocycles. The Labute approximate surface area is 67.3 Å². The van der Waals surface area contributed by atoms with Crippen molar-refractivity contribution >= 4 is 6.09 Å². The molecule has 0 aromatic rings. The quantitative estimate of drug-likeness (QED) is 0.609. The average molecular weight is 157 g/mol. The van der Waals surface area contributed by atoms with Crippen molar-refractivity contribution in [3.8, 4) is 0 Å². The summed E-state index contributed by atoms with van der Waals surface area (Å²) in [6.07, 6.45) is 1.92. The van der Waals surface area contributed by atoms with Crippen LogP contribution in [0.5, 0.6) is 0 Å². The molecule has 3 heteroatoms. The van der Waals surface area contributed by atoms with E-state index in [-0.39, 0.29) is 12.2 Å². The molecule has 11 heavy (non-hydrogen) atoms. The molecule has 0 aromatic heterocycles. The lowest BCUT2D eigenvalue weighted by molar-refractivity contribution is 0.0516. The van der Waals surface area contributed by atoms with E-state index in [1.165, 1.54) is 0 Å². The third kappa shape index (κ3) is 2.10. The predicted molar refractivity (Wildman–Crippen MR) is 42.4 cm³/mol. The van der Waals surface area contributed by atoms with Crippen molar-refractivity contribution in [2.24, 2.45) is 0 Å². The normalized spacial score (nSPS) is 18.9. The van der Waals surface area contributed by atoms with Crippen LogP contribution in [0.15, 0.2) is 0 Å². The molecule has 1 amide bonds. The summed E-state index contributed by atoms with van der Waals surface area (Å²) in [5, 5.41) is 0. The number of hydrogen-bond acceptors (Lipinski definition) is 2. The number of rotatable bonds is 2. The first-order valence-electron chi connectivity index (χ1n) is 4.19. The number of amides is 1. The number of carbonyl (C=O) groups is 1. The summed E-state index contributed by atoms with van der Waals surface area (Å²) in [5.41, 5.74) is 0. The maximum atomic E-state index is 11.1. The Kier molecular flexibility index (Phi) is 2.74. The standard InChI is InChI=1S/C8H15NO2/c1-3-7(2)11-8(10)9-5-4-6-9/h7H,3-6H2,1-2H3. The van der Waals surface area contributed by atoms with E-state index in [9.17, 15) is 4.79 Å². The van der Waals surface area contributed by atoms with Crippen LogP contribution in [0.25, 0.3) is 0 Å². The first-order chi connectivity index (χ1) is 5.24. The van der Waals surface area contributed by atoms with E-state index >= 15 is 0 Å². The Morgan fingerprint density at radius 3 is 2.64 bits per heavy atom. The molecule has 1 rings (SSSR count). The molecule has 0 radical (unpaired) electrons. The third-order valence-corrected chi connectivity index (χ3v) is 1.99. The second-order valence-corrected chi connectivity index (χ2v) is 2.94. The van der Waals surface area contributed by atoms with Crippen molar-refractivity contribution < 1.29 is 9.53 Å². The van der Waals surface area contributed by atoms with Gasteiger partial charge in [-0.2, -0.15) is 0 Å². The van der Waals surface area contributed by atoms with Gasteiger partial charge in [0.2, 0.25) is 0 Å². The smallest absolute Gasteiger partial charge is 0.410 e. The summed E-state index contributed by atoms with van der Waals surface area (Å²) in [6, 6.07) is 0. The molecule has 1 saturated heterocycles. The van der Waals surface area contributed by atoms with Crippen LogP contribution in [-0.4, -0.2) is 30.2 Å². The highest BCUT2D eigenvalue weighted by Gasteiger charge is 2.22. The highest BCUT2D eigenvalue weighted by molar-refractivity contribution is 5.68. The molecule has 0 aromatic carbocycles. The highest BCUT2D eigenvalue weighted by Crippen LogP contribution is 2.09. The van der Waals surface area contributed by atoms with E-state index in [0.717, 1.165) is 25.9 Å². The maximum Gasteiger partial charge on any atom is 0.410 e. The number of likely N-dealkylation sites (tertiary alicyclic amines) is 1. The minimum Gasteiger partial charge on any atom is -0.446 e. The fourth-order valence-corrected chi connectivity index (χ4v) is 0.829. The fraction of sp³-hybridized carbons (Fsp3) is 0.875. The van der Waals surface area contributed by atoms with Crippen LogP contribution in [0.4, 0.5) is 4.79 Å². The van der Waals surface area contributed by atoms with E-state index < -0.39 is 0 Å². The van der Waals surface area contributed by atoms with Gasteiger partial charge in [-0.1, -0.05) is 6.92 Å². The summed E-state index contributed by atoms with van der Waals surface area (Å²) >= 11 is 0. The lowest BCUT2D eigenvalue weighted by atomic mass is 10.2. The van der Waals surface area contributed by atoms with Gasteiger partial charge in [0.15, 0.2) is 0 Å². The molecule has 1 fully saturated rings. The Bertz CT molecular complexity index is 143. The van der Waals surface area contributed by atoms with Crippen molar-refractivity contribution in [2.75, 3.05) is 13.1 Å². The fourth-order valence-electron chi connectivity index (χ4n) is 0.829. The van der Waals surface area contributed by atoms with Crippen LogP contribution in [0, 0.1) is 0 Å². The molecule has 64 valence electrons. The van der Waals surface area contributed by atoms with Gasteiger partial charge in [0.05, 0.1) is 0 Å². The first kappa shape index (κ1) is 8.37. The summed E-state index contributed by atoms with van der Waals surface area (Å²) < 4.78 is 5.09. The number of hydrogen-bond donors (Lipinski definition) is 0. The molecular formula is C8H15NO2. The summed E-state index contributed by atoms with van der Waals surface area (Å²) in [4.78, 5) is 12.8. The van der Waals surface area contributed by atoms with Crippen LogP contribution in [0.1, 0.15) is 26.7 Å². The van der Waals surface area contributed by atoms with Crippen LogP contribution in [0.3, 0.4) is 0 Å². The lowest BCUT2D eigenvalue weighted by Gasteiger charge is -2.30. The van der Waals surface area contributed by atoms with Crippen molar-refractivity contribution in [2.45, 2.75) is 32.8 Å². The Hall–Kier alpha value is -0.730. The number of nitrogens with zero attached hydrogens (tertiary/aromatic N) is 1. The zero-order chi connectivity index (χ0) is 8.27. The van der Waals surface area contributed by atoms with Crippen LogP contribution >= 0.6 is 0 Å². The average Bonchev–Trinajstić information content (AvgIpc) is 1.83. The van der Waals surface area contributed by atoms with Gasteiger partial charge in [-0.05, 0) is 19.8 Å². The molecule has 0 N–H and O–H groups in total. The van der Waals surface area contributed by atoms with Crippen molar-refractivity contribution in [1.82, 2.24) is 4.90 Å². The van der Waals surface area contributed by atoms with E-state index in [4.69, 9.17) is 4.74 Å². The maximum absolute atomic E-state index is 11.1. The van der Waals surface area contributed by atoms with Crippen molar-refractivity contribution in [3.63, 3.8) is 0 Å². The third-order valence-electron chi connectivity index (χ3n) is 1.99. The minimum absolute atomic E-state index is 0.0584. The largest absolute Gasteiger partial charge is 0.446 e. The number of ether oxygens (including phenoxy) is 1. The SMILES string of the molecule is CCC(C)OC(=O)N1CCC1.